The zero-order chi connectivity index (χ0) is 15.4. The molecule has 0 bridgehead atoms. The van der Waals surface area contributed by atoms with Crippen LogP contribution in [-0.4, -0.2) is 52.6 Å². The second kappa shape index (κ2) is 6.45. The molecule has 0 spiro atoms. The van der Waals surface area contributed by atoms with Crippen LogP contribution >= 0.6 is 0 Å². The summed E-state index contributed by atoms with van der Waals surface area (Å²) < 4.78 is 0. The van der Waals surface area contributed by atoms with E-state index in [2.05, 4.69) is 5.32 Å². The predicted molar refractivity (Wildman–Crippen MR) is 75.9 cm³/mol. The molecule has 1 aromatic rings. The number of phenols is 2. The number of carbonyl (C=O) groups is 2. The standard InChI is InChI=1S/C14H19N3O4/c15-13(20)8-17(9-2-1-5-16-7-9)14(21)11-6-10(18)3-4-12(11)19/h3-4,6,9,16,18-19H,1-2,5,7-8H2,(H2,15,20). The smallest absolute Gasteiger partial charge is 0.258 e. The lowest BCUT2D eigenvalue weighted by Gasteiger charge is -2.34. The van der Waals surface area contributed by atoms with Crippen molar-refractivity contribution in [3.05, 3.63) is 23.8 Å². The van der Waals surface area contributed by atoms with Crippen LogP contribution in [0.2, 0.25) is 0 Å². The highest BCUT2D eigenvalue weighted by Crippen LogP contribution is 2.25. The number of benzene rings is 1. The number of phenolic OH excluding ortho intramolecular Hbond substituents is 2. The summed E-state index contributed by atoms with van der Waals surface area (Å²) in [7, 11) is 0. The fraction of sp³-hybridized carbons (Fsp3) is 0.429. The molecule has 1 heterocycles. The number of aromatic hydroxyl groups is 2. The molecular weight excluding hydrogens is 274 g/mol. The lowest BCUT2D eigenvalue weighted by Crippen LogP contribution is -2.51. The molecule has 21 heavy (non-hydrogen) atoms. The number of hydrogen-bond donors (Lipinski definition) is 4. The molecule has 2 rings (SSSR count). The summed E-state index contributed by atoms with van der Waals surface area (Å²) in [4.78, 5) is 25.2. The van der Waals surface area contributed by atoms with Gasteiger partial charge in [-0.25, -0.2) is 0 Å². The van der Waals surface area contributed by atoms with Gasteiger partial charge in [0.25, 0.3) is 5.91 Å². The first kappa shape index (κ1) is 15.1. The molecule has 0 aliphatic carbocycles. The van der Waals surface area contributed by atoms with Crippen LogP contribution in [0.4, 0.5) is 0 Å². The molecule has 1 fully saturated rings. The van der Waals surface area contributed by atoms with Crippen LogP contribution in [0.5, 0.6) is 11.5 Å². The normalized spacial score (nSPS) is 18.2. The second-order valence-corrected chi connectivity index (χ2v) is 5.10. The largest absolute Gasteiger partial charge is 0.508 e. The lowest BCUT2D eigenvalue weighted by molar-refractivity contribution is -0.119. The summed E-state index contributed by atoms with van der Waals surface area (Å²) in [5.41, 5.74) is 5.18. The van der Waals surface area contributed by atoms with E-state index in [1.807, 2.05) is 0 Å². The van der Waals surface area contributed by atoms with E-state index in [0.29, 0.717) is 6.54 Å². The topological polar surface area (TPSA) is 116 Å². The van der Waals surface area contributed by atoms with Gasteiger partial charge < -0.3 is 26.2 Å². The number of nitrogens with zero attached hydrogens (tertiary/aromatic N) is 1. The molecule has 1 aromatic carbocycles. The summed E-state index contributed by atoms with van der Waals surface area (Å²) >= 11 is 0. The third kappa shape index (κ3) is 3.63. The lowest BCUT2D eigenvalue weighted by atomic mass is 10.0. The maximum Gasteiger partial charge on any atom is 0.258 e. The maximum absolute atomic E-state index is 12.6. The van der Waals surface area contributed by atoms with Crippen molar-refractivity contribution in [2.24, 2.45) is 5.73 Å². The van der Waals surface area contributed by atoms with Gasteiger partial charge in [0.15, 0.2) is 0 Å². The molecule has 1 saturated heterocycles. The second-order valence-electron chi connectivity index (χ2n) is 5.10. The minimum absolute atomic E-state index is 0.0400. The summed E-state index contributed by atoms with van der Waals surface area (Å²) in [6.45, 7) is 1.21. The number of carbonyl (C=O) groups excluding carboxylic acids is 2. The van der Waals surface area contributed by atoms with E-state index >= 15 is 0 Å². The molecule has 0 aromatic heterocycles. The zero-order valence-corrected chi connectivity index (χ0v) is 11.6. The molecule has 7 heteroatoms. The van der Waals surface area contributed by atoms with Crippen LogP contribution in [0, 0.1) is 0 Å². The molecular formula is C14H19N3O4. The minimum atomic E-state index is -0.617. The Bertz CT molecular complexity index is 541. The number of amides is 2. The van der Waals surface area contributed by atoms with Crippen LogP contribution in [-0.2, 0) is 4.79 Å². The monoisotopic (exact) mass is 293 g/mol. The molecule has 2 amide bonds. The van der Waals surface area contributed by atoms with Crippen molar-refractivity contribution >= 4 is 11.8 Å². The van der Waals surface area contributed by atoms with Crippen molar-refractivity contribution < 1.29 is 19.8 Å². The van der Waals surface area contributed by atoms with Gasteiger partial charge in [0.05, 0.1) is 12.1 Å². The van der Waals surface area contributed by atoms with Crippen molar-refractivity contribution in [2.45, 2.75) is 18.9 Å². The van der Waals surface area contributed by atoms with E-state index in [-0.39, 0.29) is 29.6 Å². The van der Waals surface area contributed by atoms with Crippen LogP contribution in [0.15, 0.2) is 18.2 Å². The molecule has 1 aliphatic heterocycles. The van der Waals surface area contributed by atoms with Gasteiger partial charge in [-0.2, -0.15) is 0 Å². The number of nitrogens with two attached hydrogens (primary N) is 1. The number of rotatable bonds is 4. The third-order valence-electron chi connectivity index (χ3n) is 3.51. The van der Waals surface area contributed by atoms with Gasteiger partial charge in [-0.3, -0.25) is 9.59 Å². The van der Waals surface area contributed by atoms with Crippen LogP contribution in [0.25, 0.3) is 0 Å². The van der Waals surface area contributed by atoms with E-state index in [1.54, 1.807) is 0 Å². The Balaban J connectivity index is 2.28. The molecule has 7 nitrogen and oxygen atoms in total. The first-order valence-electron chi connectivity index (χ1n) is 6.81. The van der Waals surface area contributed by atoms with Crippen molar-refractivity contribution in [3.63, 3.8) is 0 Å². The zero-order valence-electron chi connectivity index (χ0n) is 11.6. The summed E-state index contributed by atoms with van der Waals surface area (Å²) in [5.74, 6) is -1.50. The summed E-state index contributed by atoms with van der Waals surface area (Å²) in [5, 5.41) is 22.4. The van der Waals surface area contributed by atoms with E-state index in [1.165, 1.54) is 23.1 Å². The Hall–Kier alpha value is -2.28. The SMILES string of the molecule is NC(=O)CN(C(=O)c1cc(O)ccc1O)C1CCCNC1. The van der Waals surface area contributed by atoms with Crippen molar-refractivity contribution in [1.82, 2.24) is 10.2 Å². The number of piperidine rings is 1. The average Bonchev–Trinajstić information content (AvgIpc) is 2.47. The van der Waals surface area contributed by atoms with Gasteiger partial charge in [0.2, 0.25) is 5.91 Å². The van der Waals surface area contributed by atoms with Gasteiger partial charge in [0, 0.05) is 12.6 Å². The van der Waals surface area contributed by atoms with Crippen molar-refractivity contribution in [3.8, 4) is 11.5 Å². The molecule has 1 atom stereocenters. The third-order valence-corrected chi connectivity index (χ3v) is 3.51. The van der Waals surface area contributed by atoms with Crippen LogP contribution < -0.4 is 11.1 Å². The Morgan fingerprint density at radius 1 is 1.38 bits per heavy atom. The highest BCUT2D eigenvalue weighted by atomic mass is 16.3. The highest BCUT2D eigenvalue weighted by Gasteiger charge is 2.29. The van der Waals surface area contributed by atoms with E-state index in [9.17, 15) is 19.8 Å². The maximum atomic E-state index is 12.6. The van der Waals surface area contributed by atoms with Crippen molar-refractivity contribution in [1.29, 1.82) is 0 Å². The Morgan fingerprint density at radius 2 is 2.14 bits per heavy atom. The number of hydrogen-bond acceptors (Lipinski definition) is 5. The van der Waals surface area contributed by atoms with Gasteiger partial charge >= 0.3 is 0 Å². The molecule has 5 N–H and O–H groups in total. The predicted octanol–water partition coefficient (Wildman–Crippen LogP) is -0.223. The van der Waals surface area contributed by atoms with Gasteiger partial charge in [-0.15, -0.1) is 0 Å². The first-order chi connectivity index (χ1) is 9.99. The molecule has 0 saturated carbocycles. The van der Waals surface area contributed by atoms with E-state index in [0.717, 1.165) is 19.4 Å². The molecule has 1 aliphatic rings. The fourth-order valence-corrected chi connectivity index (χ4v) is 2.48. The van der Waals surface area contributed by atoms with Gasteiger partial charge in [-0.05, 0) is 37.6 Å². The average molecular weight is 293 g/mol. The summed E-state index contributed by atoms with van der Waals surface area (Å²) in [6.07, 6.45) is 1.64. The Kier molecular flexibility index (Phi) is 4.64. The summed E-state index contributed by atoms with van der Waals surface area (Å²) in [6, 6.07) is 3.54. The van der Waals surface area contributed by atoms with E-state index in [4.69, 9.17) is 5.73 Å². The quantitative estimate of drug-likeness (QED) is 0.573. The highest BCUT2D eigenvalue weighted by molar-refractivity contribution is 5.99. The Morgan fingerprint density at radius 3 is 2.76 bits per heavy atom. The molecule has 1 unspecified atom stereocenters. The minimum Gasteiger partial charge on any atom is -0.508 e. The fourth-order valence-electron chi connectivity index (χ4n) is 2.48. The molecule has 114 valence electrons. The van der Waals surface area contributed by atoms with Crippen LogP contribution in [0.3, 0.4) is 0 Å². The van der Waals surface area contributed by atoms with Gasteiger partial charge in [0.1, 0.15) is 11.5 Å². The number of primary amides is 1. The van der Waals surface area contributed by atoms with Crippen molar-refractivity contribution in [2.75, 3.05) is 19.6 Å². The van der Waals surface area contributed by atoms with Crippen LogP contribution in [0.1, 0.15) is 23.2 Å². The van der Waals surface area contributed by atoms with E-state index < -0.39 is 11.8 Å². The van der Waals surface area contributed by atoms with Gasteiger partial charge in [-0.1, -0.05) is 0 Å². The number of nitrogens with one attached hydrogen (secondary N) is 1. The Labute approximate surface area is 122 Å². The molecule has 0 radical (unpaired) electrons. The first-order valence-corrected chi connectivity index (χ1v) is 6.81.